The van der Waals surface area contributed by atoms with Crippen LogP contribution in [0.15, 0.2) is 18.2 Å². The maximum atomic E-state index is 11.8. The van der Waals surface area contributed by atoms with E-state index in [1.807, 2.05) is 13.8 Å². The van der Waals surface area contributed by atoms with Crippen molar-refractivity contribution in [3.05, 3.63) is 33.9 Å². The minimum absolute atomic E-state index is 0.0345. The zero-order valence-electron chi connectivity index (χ0n) is 12.4. The highest BCUT2D eigenvalue weighted by Crippen LogP contribution is 2.25. The molecule has 114 valence electrons. The molecule has 0 aliphatic carbocycles. The minimum atomic E-state index is -0.813. The second-order valence-corrected chi connectivity index (χ2v) is 4.92. The van der Waals surface area contributed by atoms with Gasteiger partial charge in [0, 0.05) is 18.2 Å². The van der Waals surface area contributed by atoms with Crippen LogP contribution in [-0.2, 0) is 4.79 Å². The molecule has 1 N–H and O–H groups in total. The number of nitrogens with one attached hydrogen (secondary N) is 1. The Kier molecular flexibility index (Phi) is 5.40. The van der Waals surface area contributed by atoms with Crippen molar-refractivity contribution in [2.45, 2.75) is 39.8 Å². The number of ketones is 1. The molecule has 1 aromatic carbocycles. The molecule has 21 heavy (non-hydrogen) atoms. The molecule has 0 radical (unpaired) electrons. The lowest BCUT2D eigenvalue weighted by Gasteiger charge is -2.17. The summed E-state index contributed by atoms with van der Waals surface area (Å²) < 4.78 is 5.45. The summed E-state index contributed by atoms with van der Waals surface area (Å²) in [5.74, 6) is -0.539. The molecule has 0 spiro atoms. The van der Waals surface area contributed by atoms with E-state index in [0.717, 1.165) is 6.07 Å². The van der Waals surface area contributed by atoms with Gasteiger partial charge in [-0.05, 0) is 33.8 Å². The van der Waals surface area contributed by atoms with Gasteiger partial charge in [0.05, 0.1) is 10.5 Å². The van der Waals surface area contributed by atoms with E-state index < -0.39 is 11.0 Å². The molecule has 1 unspecified atom stereocenters. The van der Waals surface area contributed by atoms with E-state index in [2.05, 4.69) is 5.32 Å². The molecule has 0 aromatic heterocycles. The summed E-state index contributed by atoms with van der Waals surface area (Å²) in [5, 5.41) is 13.4. The zero-order chi connectivity index (χ0) is 16.2. The van der Waals surface area contributed by atoms with Crippen molar-refractivity contribution >= 4 is 17.4 Å². The molecule has 0 aliphatic rings. The molecule has 7 nitrogen and oxygen atoms in total. The van der Waals surface area contributed by atoms with Crippen molar-refractivity contribution in [2.24, 2.45) is 0 Å². The van der Waals surface area contributed by atoms with E-state index in [9.17, 15) is 19.7 Å². The van der Waals surface area contributed by atoms with E-state index in [-0.39, 0.29) is 34.7 Å². The largest absolute Gasteiger partial charge is 0.480 e. The Morgan fingerprint density at radius 2 is 1.90 bits per heavy atom. The second kappa shape index (κ2) is 6.83. The van der Waals surface area contributed by atoms with Crippen LogP contribution in [0.5, 0.6) is 5.75 Å². The van der Waals surface area contributed by atoms with E-state index in [4.69, 9.17) is 4.74 Å². The number of nitro groups is 1. The molecular formula is C14H18N2O5. The van der Waals surface area contributed by atoms with Gasteiger partial charge in [0.15, 0.2) is 11.9 Å². The van der Waals surface area contributed by atoms with Gasteiger partial charge in [-0.3, -0.25) is 19.7 Å². The van der Waals surface area contributed by atoms with Gasteiger partial charge in [-0.2, -0.15) is 0 Å². The number of benzene rings is 1. The molecule has 1 rings (SSSR count). The molecule has 1 amide bonds. The quantitative estimate of drug-likeness (QED) is 0.492. The number of ether oxygens (including phenoxy) is 1. The average Bonchev–Trinajstić information content (AvgIpc) is 2.37. The lowest BCUT2D eigenvalue weighted by Crippen LogP contribution is -2.40. The predicted octanol–water partition coefficient (Wildman–Crippen LogP) is 2.09. The average molecular weight is 294 g/mol. The first-order chi connectivity index (χ1) is 9.72. The minimum Gasteiger partial charge on any atom is -0.480 e. The number of nitrogens with zero attached hydrogens (tertiary/aromatic N) is 1. The van der Waals surface area contributed by atoms with Crippen molar-refractivity contribution < 1.29 is 19.2 Å². The number of hydrogen-bond acceptors (Lipinski definition) is 5. The topological polar surface area (TPSA) is 98.5 Å². The van der Waals surface area contributed by atoms with Crippen LogP contribution in [0.2, 0.25) is 0 Å². The van der Waals surface area contributed by atoms with Crippen LogP contribution in [0.4, 0.5) is 5.69 Å². The third-order valence-electron chi connectivity index (χ3n) is 2.66. The first-order valence-electron chi connectivity index (χ1n) is 6.48. The fraction of sp³-hybridized carbons (Fsp3) is 0.429. The highest BCUT2D eigenvalue weighted by Gasteiger charge is 2.20. The van der Waals surface area contributed by atoms with Crippen molar-refractivity contribution in [3.63, 3.8) is 0 Å². The monoisotopic (exact) mass is 294 g/mol. The Morgan fingerprint density at radius 1 is 1.29 bits per heavy atom. The lowest BCUT2D eigenvalue weighted by molar-refractivity contribution is -0.384. The van der Waals surface area contributed by atoms with Crippen LogP contribution in [-0.4, -0.2) is 28.8 Å². The van der Waals surface area contributed by atoms with Crippen molar-refractivity contribution in [1.82, 2.24) is 5.32 Å². The molecule has 1 aromatic rings. The van der Waals surface area contributed by atoms with Crippen LogP contribution in [0, 0.1) is 10.1 Å². The first-order valence-corrected chi connectivity index (χ1v) is 6.48. The third-order valence-corrected chi connectivity index (χ3v) is 2.66. The fourth-order valence-electron chi connectivity index (χ4n) is 1.66. The Balaban J connectivity index is 3.00. The number of amides is 1. The van der Waals surface area contributed by atoms with Crippen LogP contribution in [0.1, 0.15) is 38.1 Å². The van der Waals surface area contributed by atoms with E-state index in [0.29, 0.717) is 0 Å². The Bertz CT molecular complexity index is 568. The van der Waals surface area contributed by atoms with E-state index in [1.54, 1.807) is 6.92 Å². The molecule has 0 saturated heterocycles. The number of non-ortho nitro benzene ring substituents is 1. The van der Waals surface area contributed by atoms with Crippen molar-refractivity contribution in [3.8, 4) is 5.75 Å². The molecular weight excluding hydrogens is 276 g/mol. The molecule has 0 heterocycles. The SMILES string of the molecule is CC(=O)c1cc([N+](=O)[O-])ccc1OC(C)C(=O)NC(C)C. The van der Waals surface area contributed by atoms with Gasteiger partial charge in [0.2, 0.25) is 0 Å². The van der Waals surface area contributed by atoms with Gasteiger partial charge >= 0.3 is 0 Å². The summed E-state index contributed by atoms with van der Waals surface area (Å²) >= 11 is 0. The summed E-state index contributed by atoms with van der Waals surface area (Å²) in [6.45, 7) is 6.46. The molecule has 1 atom stereocenters. The summed E-state index contributed by atoms with van der Waals surface area (Å²) in [6, 6.07) is 3.67. The van der Waals surface area contributed by atoms with Gasteiger partial charge in [-0.15, -0.1) is 0 Å². The number of carbonyl (C=O) groups excluding carboxylic acids is 2. The molecule has 0 aliphatic heterocycles. The van der Waals surface area contributed by atoms with Crippen LogP contribution >= 0.6 is 0 Å². The van der Waals surface area contributed by atoms with E-state index >= 15 is 0 Å². The number of rotatable bonds is 6. The van der Waals surface area contributed by atoms with Gasteiger partial charge < -0.3 is 10.1 Å². The summed E-state index contributed by atoms with van der Waals surface area (Å²) in [6.07, 6.45) is -0.813. The Morgan fingerprint density at radius 3 is 2.38 bits per heavy atom. The van der Waals surface area contributed by atoms with Gasteiger partial charge in [-0.25, -0.2) is 0 Å². The molecule has 0 bridgehead atoms. The maximum absolute atomic E-state index is 11.8. The van der Waals surface area contributed by atoms with E-state index in [1.165, 1.54) is 19.1 Å². The smallest absolute Gasteiger partial charge is 0.270 e. The standard InChI is InChI=1S/C14H18N2O5/c1-8(2)15-14(18)10(4)21-13-6-5-11(16(19)20)7-12(13)9(3)17/h5-8,10H,1-4H3,(H,15,18). The number of Topliss-reactive ketones (excluding diaryl/α,β-unsaturated/α-hetero) is 1. The summed E-state index contributed by atoms with van der Waals surface area (Å²) in [5.41, 5.74) is -0.125. The molecule has 0 saturated carbocycles. The highest BCUT2D eigenvalue weighted by atomic mass is 16.6. The second-order valence-electron chi connectivity index (χ2n) is 4.92. The summed E-state index contributed by atoms with van der Waals surface area (Å²) in [4.78, 5) is 33.5. The molecule has 0 fully saturated rings. The third kappa shape index (κ3) is 4.55. The number of hydrogen-bond donors (Lipinski definition) is 1. The van der Waals surface area contributed by atoms with Crippen LogP contribution in [0.25, 0.3) is 0 Å². The number of carbonyl (C=O) groups is 2. The Hall–Kier alpha value is -2.44. The number of nitro benzene ring substituents is 1. The lowest BCUT2D eigenvalue weighted by atomic mass is 10.1. The van der Waals surface area contributed by atoms with Crippen molar-refractivity contribution in [2.75, 3.05) is 0 Å². The van der Waals surface area contributed by atoms with Crippen LogP contribution < -0.4 is 10.1 Å². The maximum Gasteiger partial charge on any atom is 0.270 e. The first kappa shape index (κ1) is 16.6. The van der Waals surface area contributed by atoms with Gasteiger partial charge in [0.1, 0.15) is 5.75 Å². The summed E-state index contributed by atoms with van der Waals surface area (Å²) in [7, 11) is 0. The predicted molar refractivity (Wildman–Crippen MR) is 76.5 cm³/mol. The highest BCUT2D eigenvalue weighted by molar-refractivity contribution is 5.97. The van der Waals surface area contributed by atoms with Gasteiger partial charge in [0.25, 0.3) is 11.6 Å². The zero-order valence-corrected chi connectivity index (χ0v) is 12.4. The fourth-order valence-corrected chi connectivity index (χ4v) is 1.66. The normalized spacial score (nSPS) is 11.9. The Labute approximate surface area is 122 Å². The molecule has 7 heteroatoms. The van der Waals surface area contributed by atoms with Crippen molar-refractivity contribution in [1.29, 1.82) is 0 Å². The van der Waals surface area contributed by atoms with Gasteiger partial charge in [-0.1, -0.05) is 0 Å². The van der Waals surface area contributed by atoms with Crippen LogP contribution in [0.3, 0.4) is 0 Å².